The number of hydrogen-bond acceptors (Lipinski definition) is 5. The van der Waals surface area contributed by atoms with Crippen LogP contribution in [0.15, 0.2) is 24.4 Å². The van der Waals surface area contributed by atoms with Crippen LogP contribution < -0.4 is 15.5 Å². The van der Waals surface area contributed by atoms with Crippen LogP contribution in [0.25, 0.3) is 0 Å². The second kappa shape index (κ2) is 6.99. The Balaban J connectivity index is 2.28. The molecule has 148 valence electrons. The maximum atomic E-state index is 13.1. The first-order chi connectivity index (χ1) is 13.1. The van der Waals surface area contributed by atoms with Crippen molar-refractivity contribution >= 4 is 35.3 Å². The van der Waals surface area contributed by atoms with Crippen LogP contribution in [0, 0.1) is 0 Å². The SMILES string of the molecule is CNc1ncc2c(n1)N(c1cccc(NC(=O)O)c1C(C)(C)C)C(=O)N(C)C2. The molecule has 1 aromatic carbocycles. The molecule has 2 aromatic rings. The topological polar surface area (TPSA) is 111 Å². The number of anilines is 4. The molecular formula is C19H24N6O3. The molecule has 0 atom stereocenters. The Morgan fingerprint density at radius 3 is 2.61 bits per heavy atom. The van der Waals surface area contributed by atoms with E-state index in [1.165, 1.54) is 4.90 Å². The van der Waals surface area contributed by atoms with Crippen molar-refractivity contribution in [3.05, 3.63) is 35.5 Å². The lowest BCUT2D eigenvalue weighted by molar-refractivity contribution is 0.209. The molecule has 1 aliphatic heterocycles. The summed E-state index contributed by atoms with van der Waals surface area (Å²) in [5.41, 5.74) is 2.08. The number of benzene rings is 1. The smallest absolute Gasteiger partial charge is 0.409 e. The van der Waals surface area contributed by atoms with Gasteiger partial charge in [-0.25, -0.2) is 19.5 Å². The van der Waals surface area contributed by atoms with Gasteiger partial charge in [-0.2, -0.15) is 4.98 Å². The largest absolute Gasteiger partial charge is 0.465 e. The molecule has 0 saturated carbocycles. The van der Waals surface area contributed by atoms with Crippen molar-refractivity contribution in [3.8, 4) is 0 Å². The molecule has 9 nitrogen and oxygen atoms in total. The van der Waals surface area contributed by atoms with Gasteiger partial charge in [-0.05, 0) is 17.5 Å². The number of hydrogen-bond donors (Lipinski definition) is 3. The van der Waals surface area contributed by atoms with Gasteiger partial charge in [0.1, 0.15) is 0 Å². The molecule has 0 saturated heterocycles. The number of rotatable bonds is 3. The Hall–Kier alpha value is -3.36. The molecule has 9 heteroatoms. The molecule has 0 bridgehead atoms. The molecule has 3 amide bonds. The lowest BCUT2D eigenvalue weighted by Gasteiger charge is -2.37. The fourth-order valence-corrected chi connectivity index (χ4v) is 3.36. The van der Waals surface area contributed by atoms with Crippen LogP contribution in [0.5, 0.6) is 0 Å². The maximum absolute atomic E-state index is 13.1. The fraction of sp³-hybridized carbons (Fsp3) is 0.368. The van der Waals surface area contributed by atoms with Gasteiger partial charge in [-0.15, -0.1) is 0 Å². The minimum atomic E-state index is -1.16. The first-order valence-corrected chi connectivity index (χ1v) is 8.85. The number of carbonyl (C=O) groups is 2. The van der Waals surface area contributed by atoms with Gasteiger partial charge in [0.25, 0.3) is 0 Å². The summed E-state index contributed by atoms with van der Waals surface area (Å²) in [6.07, 6.45) is 0.533. The second-order valence-electron chi connectivity index (χ2n) is 7.65. The van der Waals surface area contributed by atoms with E-state index in [0.29, 0.717) is 35.2 Å². The molecule has 3 rings (SSSR count). The summed E-state index contributed by atoms with van der Waals surface area (Å²) in [5.74, 6) is 0.888. The molecule has 0 radical (unpaired) electrons. The molecule has 0 spiro atoms. The fourth-order valence-electron chi connectivity index (χ4n) is 3.36. The molecule has 3 N–H and O–H groups in total. The number of nitrogens with zero attached hydrogens (tertiary/aromatic N) is 4. The monoisotopic (exact) mass is 384 g/mol. The quantitative estimate of drug-likeness (QED) is 0.745. The standard InChI is InChI=1S/C19H24N6O3/c1-19(2,3)14-12(22-17(26)27)7-6-8-13(14)25-15-11(10-24(5)18(25)28)9-21-16(20-4)23-15/h6-9,22H,10H2,1-5H3,(H,26,27)(H,20,21,23). The Bertz CT molecular complexity index is 938. The summed E-state index contributed by atoms with van der Waals surface area (Å²) < 4.78 is 0. The second-order valence-corrected chi connectivity index (χ2v) is 7.65. The Morgan fingerprint density at radius 1 is 1.29 bits per heavy atom. The van der Waals surface area contributed by atoms with E-state index in [-0.39, 0.29) is 6.03 Å². The molecule has 0 fully saturated rings. The molecule has 1 aliphatic rings. The van der Waals surface area contributed by atoms with E-state index in [9.17, 15) is 14.7 Å². The van der Waals surface area contributed by atoms with E-state index < -0.39 is 11.5 Å². The average molecular weight is 384 g/mol. The number of carboxylic acid groups (broad SMARTS) is 1. The Morgan fingerprint density at radius 2 is 2.00 bits per heavy atom. The summed E-state index contributed by atoms with van der Waals surface area (Å²) in [4.78, 5) is 36.3. The minimum absolute atomic E-state index is 0.244. The minimum Gasteiger partial charge on any atom is -0.465 e. The van der Waals surface area contributed by atoms with Crippen molar-refractivity contribution in [2.75, 3.05) is 29.6 Å². The van der Waals surface area contributed by atoms with Crippen LogP contribution in [0.2, 0.25) is 0 Å². The number of urea groups is 1. The highest BCUT2D eigenvalue weighted by atomic mass is 16.4. The van der Waals surface area contributed by atoms with Crippen molar-refractivity contribution in [3.63, 3.8) is 0 Å². The van der Waals surface area contributed by atoms with Gasteiger partial charge in [0, 0.05) is 37.1 Å². The van der Waals surface area contributed by atoms with Crippen LogP contribution in [-0.4, -0.2) is 46.2 Å². The number of fused-ring (bicyclic) bond motifs is 1. The molecule has 28 heavy (non-hydrogen) atoms. The number of aromatic nitrogens is 2. The van der Waals surface area contributed by atoms with Gasteiger partial charge in [0.2, 0.25) is 5.95 Å². The third-order valence-corrected chi connectivity index (χ3v) is 4.48. The molecule has 2 heterocycles. The molecule has 0 unspecified atom stereocenters. The highest BCUT2D eigenvalue weighted by Crippen LogP contribution is 2.42. The van der Waals surface area contributed by atoms with Gasteiger partial charge in [0.05, 0.1) is 12.2 Å². The van der Waals surface area contributed by atoms with Gasteiger partial charge in [-0.1, -0.05) is 26.8 Å². The van der Waals surface area contributed by atoms with E-state index in [2.05, 4.69) is 20.6 Å². The Labute approximate surface area is 163 Å². The van der Waals surface area contributed by atoms with Gasteiger partial charge >= 0.3 is 12.1 Å². The number of amides is 3. The summed E-state index contributed by atoms with van der Waals surface area (Å²) in [6.45, 7) is 6.30. The van der Waals surface area contributed by atoms with Gasteiger partial charge in [-0.3, -0.25) is 5.32 Å². The van der Waals surface area contributed by atoms with E-state index in [4.69, 9.17) is 0 Å². The summed E-state index contributed by atoms with van der Waals surface area (Å²) in [7, 11) is 3.42. The average Bonchev–Trinajstić information content (AvgIpc) is 2.61. The highest BCUT2D eigenvalue weighted by molar-refractivity contribution is 6.03. The predicted octanol–water partition coefficient (Wildman–Crippen LogP) is 3.61. The third kappa shape index (κ3) is 3.42. The van der Waals surface area contributed by atoms with E-state index >= 15 is 0 Å². The highest BCUT2D eigenvalue weighted by Gasteiger charge is 2.35. The lowest BCUT2D eigenvalue weighted by Crippen LogP contribution is -2.44. The van der Waals surface area contributed by atoms with E-state index in [1.54, 1.807) is 43.4 Å². The van der Waals surface area contributed by atoms with Crippen LogP contribution in [0.3, 0.4) is 0 Å². The maximum Gasteiger partial charge on any atom is 0.409 e. The predicted molar refractivity (Wildman–Crippen MR) is 107 cm³/mol. The van der Waals surface area contributed by atoms with E-state index in [1.807, 2.05) is 20.8 Å². The first-order valence-electron chi connectivity index (χ1n) is 8.85. The van der Waals surface area contributed by atoms with Gasteiger partial charge in [0.15, 0.2) is 5.82 Å². The van der Waals surface area contributed by atoms with Crippen molar-refractivity contribution in [1.29, 1.82) is 0 Å². The van der Waals surface area contributed by atoms with Crippen molar-refractivity contribution in [2.24, 2.45) is 0 Å². The zero-order chi connectivity index (χ0) is 20.6. The van der Waals surface area contributed by atoms with Gasteiger partial charge < -0.3 is 15.3 Å². The summed E-state index contributed by atoms with van der Waals surface area (Å²) >= 11 is 0. The lowest BCUT2D eigenvalue weighted by atomic mass is 9.84. The van der Waals surface area contributed by atoms with Crippen LogP contribution in [-0.2, 0) is 12.0 Å². The third-order valence-electron chi connectivity index (χ3n) is 4.48. The summed E-state index contributed by atoms with van der Waals surface area (Å²) in [5, 5.41) is 14.6. The zero-order valence-electron chi connectivity index (χ0n) is 16.6. The van der Waals surface area contributed by atoms with Crippen LogP contribution in [0.1, 0.15) is 31.9 Å². The molecule has 0 aliphatic carbocycles. The first kappa shape index (κ1) is 19.4. The van der Waals surface area contributed by atoms with Crippen molar-refractivity contribution in [2.45, 2.75) is 32.7 Å². The van der Waals surface area contributed by atoms with E-state index in [0.717, 1.165) is 5.56 Å². The number of nitrogens with one attached hydrogen (secondary N) is 2. The normalized spacial score (nSPS) is 14.0. The molecule has 1 aromatic heterocycles. The number of carbonyl (C=O) groups excluding carboxylic acids is 1. The Kier molecular flexibility index (Phi) is 4.84. The van der Waals surface area contributed by atoms with Crippen molar-refractivity contribution in [1.82, 2.24) is 14.9 Å². The summed E-state index contributed by atoms with van der Waals surface area (Å²) in [6, 6.07) is 4.97. The van der Waals surface area contributed by atoms with Crippen molar-refractivity contribution < 1.29 is 14.7 Å². The van der Waals surface area contributed by atoms with Crippen LogP contribution in [0.4, 0.5) is 32.7 Å². The molecular weight excluding hydrogens is 360 g/mol. The van der Waals surface area contributed by atoms with Crippen LogP contribution >= 0.6 is 0 Å². The zero-order valence-corrected chi connectivity index (χ0v) is 16.6.